The fourth-order valence-electron chi connectivity index (χ4n) is 0.457. The van der Waals surface area contributed by atoms with Crippen molar-refractivity contribution in [2.75, 3.05) is 0 Å². The highest BCUT2D eigenvalue weighted by Crippen LogP contribution is 2.01. The first-order valence-corrected chi connectivity index (χ1v) is 3.21. The van der Waals surface area contributed by atoms with Gasteiger partial charge in [0.05, 0.1) is 0 Å². The SMILES string of the molecule is C=C(Cl)N=C(N)/C(=C\N)C(=O)O. The predicted octanol–water partition coefficient (Wildman–Crippen LogP) is -0.0192. The molecule has 0 rings (SSSR count). The maximum absolute atomic E-state index is 10.4. The summed E-state index contributed by atoms with van der Waals surface area (Å²) >= 11 is 5.26. The average molecular weight is 190 g/mol. The van der Waals surface area contributed by atoms with Crippen LogP contribution in [0, 0.1) is 0 Å². The Morgan fingerprint density at radius 3 is 2.42 bits per heavy atom. The Morgan fingerprint density at radius 2 is 2.17 bits per heavy atom. The molecule has 0 fully saturated rings. The van der Waals surface area contributed by atoms with Gasteiger partial charge in [-0.3, -0.25) is 0 Å². The van der Waals surface area contributed by atoms with Crippen molar-refractivity contribution in [3.05, 3.63) is 23.5 Å². The Bertz CT molecular complexity index is 270. The molecular weight excluding hydrogens is 182 g/mol. The molecular formula is C6H8ClN3O2. The minimum absolute atomic E-state index is 0.104. The number of carboxylic acid groups (broad SMARTS) is 1. The summed E-state index contributed by atoms with van der Waals surface area (Å²) in [5, 5.41) is 8.37. The molecule has 0 saturated heterocycles. The van der Waals surface area contributed by atoms with E-state index >= 15 is 0 Å². The monoisotopic (exact) mass is 189 g/mol. The average Bonchev–Trinajstić information content (AvgIpc) is 1.85. The van der Waals surface area contributed by atoms with Crippen LogP contribution in [0.25, 0.3) is 0 Å². The Kier molecular flexibility index (Phi) is 3.85. The van der Waals surface area contributed by atoms with Crippen LogP contribution in [0.2, 0.25) is 0 Å². The van der Waals surface area contributed by atoms with E-state index in [-0.39, 0.29) is 16.6 Å². The van der Waals surface area contributed by atoms with Crippen molar-refractivity contribution in [3.8, 4) is 0 Å². The van der Waals surface area contributed by atoms with E-state index < -0.39 is 5.97 Å². The Morgan fingerprint density at radius 1 is 1.67 bits per heavy atom. The number of carbonyl (C=O) groups is 1. The van der Waals surface area contributed by atoms with Crippen molar-refractivity contribution in [3.63, 3.8) is 0 Å². The van der Waals surface area contributed by atoms with Gasteiger partial charge in [0.15, 0.2) is 0 Å². The van der Waals surface area contributed by atoms with Crippen molar-refractivity contribution in [1.29, 1.82) is 0 Å². The fraction of sp³-hybridized carbons (Fsp3) is 0. The van der Waals surface area contributed by atoms with Crippen molar-refractivity contribution in [1.82, 2.24) is 0 Å². The second-order valence-electron chi connectivity index (χ2n) is 1.76. The normalized spacial score (nSPS) is 12.8. The Labute approximate surface area is 74.0 Å². The van der Waals surface area contributed by atoms with E-state index in [0.29, 0.717) is 0 Å². The molecule has 0 atom stereocenters. The molecule has 0 saturated carbocycles. The number of aliphatic imine (C=N–C) groups is 1. The topological polar surface area (TPSA) is 102 Å². The third-order valence-corrected chi connectivity index (χ3v) is 0.999. The number of hydrogen-bond donors (Lipinski definition) is 3. The molecule has 0 spiro atoms. The third kappa shape index (κ3) is 3.07. The van der Waals surface area contributed by atoms with Crippen LogP contribution < -0.4 is 11.5 Å². The number of amidine groups is 1. The first-order valence-electron chi connectivity index (χ1n) is 2.83. The lowest BCUT2D eigenvalue weighted by atomic mass is 10.3. The molecule has 0 aromatic carbocycles. The second-order valence-corrected chi connectivity index (χ2v) is 2.20. The Balaban J connectivity index is 4.78. The summed E-state index contributed by atoms with van der Waals surface area (Å²) in [6.07, 6.45) is 0.834. The van der Waals surface area contributed by atoms with E-state index in [9.17, 15) is 4.79 Å². The van der Waals surface area contributed by atoms with Gasteiger partial charge in [-0.15, -0.1) is 0 Å². The van der Waals surface area contributed by atoms with Crippen LogP contribution in [-0.2, 0) is 4.79 Å². The summed E-state index contributed by atoms with van der Waals surface area (Å²) in [5.74, 6) is -1.54. The van der Waals surface area contributed by atoms with Gasteiger partial charge in [0.2, 0.25) is 0 Å². The summed E-state index contributed by atoms with van der Waals surface area (Å²) in [7, 11) is 0. The molecule has 0 aromatic rings. The van der Waals surface area contributed by atoms with Crippen molar-refractivity contribution in [2.45, 2.75) is 0 Å². The zero-order valence-corrected chi connectivity index (χ0v) is 6.88. The molecule has 5 nitrogen and oxygen atoms in total. The molecule has 12 heavy (non-hydrogen) atoms. The van der Waals surface area contributed by atoms with Crippen LogP contribution in [0.15, 0.2) is 28.5 Å². The van der Waals surface area contributed by atoms with E-state index in [4.69, 9.17) is 28.2 Å². The highest BCUT2D eigenvalue weighted by Gasteiger charge is 2.10. The molecule has 0 aliphatic carbocycles. The van der Waals surface area contributed by atoms with Crippen LogP contribution in [0.3, 0.4) is 0 Å². The lowest BCUT2D eigenvalue weighted by molar-refractivity contribution is -0.132. The van der Waals surface area contributed by atoms with E-state index in [1.807, 2.05) is 0 Å². The lowest BCUT2D eigenvalue weighted by Gasteiger charge is -1.98. The van der Waals surface area contributed by atoms with Crippen LogP contribution in [0.5, 0.6) is 0 Å². The number of carboxylic acids is 1. The number of nitrogens with two attached hydrogens (primary N) is 2. The number of halogens is 1. The van der Waals surface area contributed by atoms with Gasteiger partial charge in [0.25, 0.3) is 0 Å². The van der Waals surface area contributed by atoms with Gasteiger partial charge >= 0.3 is 5.97 Å². The molecule has 0 heterocycles. The highest BCUT2D eigenvalue weighted by atomic mass is 35.5. The quantitative estimate of drug-likeness (QED) is 0.251. The zero-order valence-electron chi connectivity index (χ0n) is 6.12. The summed E-state index contributed by atoms with van der Waals surface area (Å²) in [6, 6.07) is 0. The number of rotatable bonds is 3. The minimum Gasteiger partial charge on any atom is -0.478 e. The summed E-state index contributed by atoms with van der Waals surface area (Å²) < 4.78 is 0. The molecule has 0 aliphatic heterocycles. The fourth-order valence-corrected chi connectivity index (χ4v) is 0.548. The smallest absolute Gasteiger partial charge is 0.340 e. The highest BCUT2D eigenvalue weighted by molar-refractivity contribution is 6.30. The van der Waals surface area contributed by atoms with Gasteiger partial charge in [-0.05, 0) is 0 Å². The van der Waals surface area contributed by atoms with Crippen LogP contribution >= 0.6 is 11.6 Å². The molecule has 6 heteroatoms. The maximum Gasteiger partial charge on any atom is 0.340 e. The van der Waals surface area contributed by atoms with E-state index in [1.165, 1.54) is 0 Å². The zero-order chi connectivity index (χ0) is 9.72. The minimum atomic E-state index is -1.27. The number of nitrogens with zero attached hydrogens (tertiary/aromatic N) is 1. The first-order chi connectivity index (χ1) is 5.49. The number of hydrogen-bond acceptors (Lipinski definition) is 3. The first kappa shape index (κ1) is 10.5. The summed E-state index contributed by atoms with van der Waals surface area (Å²) in [5.41, 5.74) is 9.87. The second kappa shape index (κ2) is 4.40. The summed E-state index contributed by atoms with van der Waals surface area (Å²) in [4.78, 5) is 13.8. The predicted molar refractivity (Wildman–Crippen MR) is 46.5 cm³/mol. The largest absolute Gasteiger partial charge is 0.478 e. The van der Waals surface area contributed by atoms with Crippen molar-refractivity contribution < 1.29 is 9.90 Å². The lowest BCUT2D eigenvalue weighted by Crippen LogP contribution is -2.22. The Hall–Kier alpha value is -1.49. The van der Waals surface area contributed by atoms with Crippen LogP contribution in [-0.4, -0.2) is 16.9 Å². The van der Waals surface area contributed by atoms with Crippen LogP contribution in [0.1, 0.15) is 0 Å². The summed E-state index contributed by atoms with van der Waals surface area (Å²) in [6.45, 7) is 3.21. The van der Waals surface area contributed by atoms with E-state index in [1.54, 1.807) is 0 Å². The maximum atomic E-state index is 10.4. The van der Waals surface area contributed by atoms with E-state index in [0.717, 1.165) is 6.20 Å². The van der Waals surface area contributed by atoms with Gasteiger partial charge in [-0.2, -0.15) is 0 Å². The van der Waals surface area contributed by atoms with Crippen molar-refractivity contribution in [2.24, 2.45) is 16.5 Å². The van der Waals surface area contributed by atoms with Gasteiger partial charge in [-0.25, -0.2) is 9.79 Å². The molecule has 0 bridgehead atoms. The van der Waals surface area contributed by atoms with Gasteiger partial charge in [0.1, 0.15) is 16.6 Å². The van der Waals surface area contributed by atoms with Gasteiger partial charge in [0, 0.05) is 6.20 Å². The van der Waals surface area contributed by atoms with Crippen LogP contribution in [0.4, 0.5) is 0 Å². The standard InChI is InChI=1S/C6H8ClN3O2/c1-3(7)10-5(9)4(2-8)6(11)12/h2H,1,8H2,(H2,9,10)(H,11,12)/b4-2+. The van der Waals surface area contributed by atoms with Crippen molar-refractivity contribution >= 4 is 23.4 Å². The molecule has 0 unspecified atom stereocenters. The van der Waals surface area contributed by atoms with Gasteiger partial charge in [-0.1, -0.05) is 18.2 Å². The molecule has 0 aliphatic rings. The molecule has 66 valence electrons. The molecule has 0 radical (unpaired) electrons. The molecule has 0 aromatic heterocycles. The molecule has 0 amide bonds. The third-order valence-electron chi connectivity index (χ3n) is 0.915. The van der Waals surface area contributed by atoms with Gasteiger partial charge < -0.3 is 16.6 Å². The molecule has 5 N–H and O–H groups in total. The number of aliphatic carboxylic acids is 1. The van der Waals surface area contributed by atoms with E-state index in [2.05, 4.69) is 11.6 Å².